The van der Waals surface area contributed by atoms with E-state index in [4.69, 9.17) is 18.5 Å². The molecular formula is C58H100NO8P. The van der Waals surface area contributed by atoms with Gasteiger partial charge in [-0.3, -0.25) is 14.2 Å². The molecule has 0 rings (SSSR count). The van der Waals surface area contributed by atoms with E-state index in [1.54, 1.807) is 0 Å². The fraction of sp³-hybridized carbons (Fsp3) is 0.690. The number of quaternary nitrogens is 1. The van der Waals surface area contributed by atoms with Gasteiger partial charge in [0.15, 0.2) is 6.10 Å². The molecule has 0 aromatic carbocycles. The van der Waals surface area contributed by atoms with Crippen LogP contribution in [0.4, 0.5) is 0 Å². The lowest BCUT2D eigenvalue weighted by molar-refractivity contribution is -0.870. The zero-order valence-corrected chi connectivity index (χ0v) is 44.9. The number of allylic oxidation sites excluding steroid dienone is 16. The number of phosphoric acid groups is 1. The van der Waals surface area contributed by atoms with Gasteiger partial charge in [-0.1, -0.05) is 201 Å². The summed E-state index contributed by atoms with van der Waals surface area (Å²) in [6, 6.07) is 0. The van der Waals surface area contributed by atoms with E-state index in [1.807, 2.05) is 21.1 Å². The molecule has 0 heterocycles. The molecule has 9 nitrogen and oxygen atoms in total. The highest BCUT2D eigenvalue weighted by molar-refractivity contribution is 7.45. The van der Waals surface area contributed by atoms with Crippen LogP contribution in [0, 0.1) is 0 Å². The summed E-state index contributed by atoms with van der Waals surface area (Å²) in [5.74, 6) is -0.859. The van der Waals surface area contributed by atoms with E-state index >= 15 is 0 Å². The summed E-state index contributed by atoms with van der Waals surface area (Å²) in [6.07, 6.45) is 65.9. The van der Waals surface area contributed by atoms with E-state index in [1.165, 1.54) is 64.2 Å². The van der Waals surface area contributed by atoms with Crippen LogP contribution in [0.3, 0.4) is 0 Å². The molecule has 0 fully saturated rings. The minimum atomic E-state index is -4.64. The molecule has 390 valence electrons. The minimum absolute atomic E-state index is 0.0383. The highest BCUT2D eigenvalue weighted by Gasteiger charge is 2.21. The summed E-state index contributed by atoms with van der Waals surface area (Å²) >= 11 is 0. The van der Waals surface area contributed by atoms with Crippen LogP contribution in [0.1, 0.15) is 206 Å². The summed E-state index contributed by atoms with van der Waals surface area (Å²) in [5.41, 5.74) is 0. The van der Waals surface area contributed by atoms with Crippen molar-refractivity contribution in [2.75, 3.05) is 47.5 Å². The van der Waals surface area contributed by atoms with E-state index in [-0.39, 0.29) is 26.1 Å². The monoisotopic (exact) mass is 970 g/mol. The molecule has 0 aromatic heterocycles. The smallest absolute Gasteiger partial charge is 0.306 e. The number of ether oxygens (including phenoxy) is 2. The number of esters is 2. The molecule has 68 heavy (non-hydrogen) atoms. The van der Waals surface area contributed by atoms with Gasteiger partial charge in [-0.25, -0.2) is 0 Å². The van der Waals surface area contributed by atoms with Crippen molar-refractivity contribution >= 4 is 19.8 Å². The van der Waals surface area contributed by atoms with Crippen LogP contribution in [0.15, 0.2) is 97.2 Å². The van der Waals surface area contributed by atoms with Crippen molar-refractivity contribution in [3.63, 3.8) is 0 Å². The molecule has 0 aliphatic rings. The summed E-state index contributed by atoms with van der Waals surface area (Å²) in [6.45, 7) is 3.98. The molecule has 10 heteroatoms. The number of rotatable bonds is 48. The Morgan fingerprint density at radius 1 is 0.456 bits per heavy atom. The molecule has 0 saturated heterocycles. The first-order chi connectivity index (χ1) is 33.0. The number of carbonyl (C=O) groups is 2. The van der Waals surface area contributed by atoms with Gasteiger partial charge in [-0.2, -0.15) is 0 Å². The molecule has 0 radical (unpaired) electrons. The lowest BCUT2D eigenvalue weighted by atomic mass is 10.0. The Hall–Kier alpha value is -3.07. The predicted octanol–water partition coefficient (Wildman–Crippen LogP) is 15.8. The fourth-order valence-electron chi connectivity index (χ4n) is 6.99. The van der Waals surface area contributed by atoms with Crippen molar-refractivity contribution in [3.8, 4) is 0 Å². The molecule has 0 aliphatic heterocycles. The third-order valence-electron chi connectivity index (χ3n) is 11.1. The lowest BCUT2D eigenvalue weighted by Crippen LogP contribution is -2.37. The van der Waals surface area contributed by atoms with E-state index in [2.05, 4.69) is 111 Å². The molecule has 0 N–H and O–H groups in total. The number of hydrogen-bond acceptors (Lipinski definition) is 8. The molecule has 0 amide bonds. The Bertz CT molecular complexity index is 1470. The SMILES string of the molecule is CC/C=C\C/C=C\C/C=C\C/C=C\C/C=C\CCCCCCCCCCCCCCCC(=O)OC(COC(=O)CCCCCCC/C=C\C/C=C\C/C=C\CC)COP(=O)([O-])OCC[N+](C)(C)C. The summed E-state index contributed by atoms with van der Waals surface area (Å²) in [4.78, 5) is 37.8. The average molecular weight is 970 g/mol. The Morgan fingerprint density at radius 3 is 1.18 bits per heavy atom. The normalized spacial score (nSPS) is 14.1. The molecule has 0 bridgehead atoms. The summed E-state index contributed by atoms with van der Waals surface area (Å²) in [5, 5.41) is 0. The maximum Gasteiger partial charge on any atom is 0.306 e. The number of hydrogen-bond donors (Lipinski definition) is 0. The van der Waals surface area contributed by atoms with Crippen molar-refractivity contribution in [2.24, 2.45) is 0 Å². The topological polar surface area (TPSA) is 111 Å². The first-order valence-electron chi connectivity index (χ1n) is 26.9. The summed E-state index contributed by atoms with van der Waals surface area (Å²) in [7, 11) is 1.14. The zero-order chi connectivity index (χ0) is 49.9. The molecule has 0 spiro atoms. The van der Waals surface area contributed by atoms with Gasteiger partial charge < -0.3 is 27.9 Å². The van der Waals surface area contributed by atoms with Gasteiger partial charge >= 0.3 is 11.9 Å². The van der Waals surface area contributed by atoms with Crippen LogP contribution >= 0.6 is 7.82 Å². The van der Waals surface area contributed by atoms with Gasteiger partial charge in [-0.15, -0.1) is 0 Å². The van der Waals surface area contributed by atoms with E-state index in [0.29, 0.717) is 23.9 Å². The largest absolute Gasteiger partial charge is 0.756 e. The number of unbranched alkanes of at least 4 members (excludes halogenated alkanes) is 18. The maximum absolute atomic E-state index is 12.8. The molecule has 0 aliphatic carbocycles. The highest BCUT2D eigenvalue weighted by atomic mass is 31.2. The first kappa shape index (κ1) is 64.9. The Morgan fingerprint density at radius 2 is 0.794 bits per heavy atom. The molecular weight excluding hydrogens is 870 g/mol. The lowest BCUT2D eigenvalue weighted by Gasteiger charge is -2.28. The quantitative estimate of drug-likeness (QED) is 0.0195. The number of likely N-dealkylation sites (N-methyl/N-ethyl adjacent to an activating group) is 1. The first-order valence-corrected chi connectivity index (χ1v) is 28.4. The van der Waals surface area contributed by atoms with Gasteiger partial charge in [0.25, 0.3) is 7.82 Å². The average Bonchev–Trinajstić information content (AvgIpc) is 3.30. The predicted molar refractivity (Wildman–Crippen MR) is 286 cm³/mol. The third kappa shape index (κ3) is 52.3. The second kappa shape index (κ2) is 48.9. The van der Waals surface area contributed by atoms with Gasteiger partial charge in [0.2, 0.25) is 0 Å². The van der Waals surface area contributed by atoms with Crippen molar-refractivity contribution in [3.05, 3.63) is 97.2 Å². The van der Waals surface area contributed by atoms with Crippen molar-refractivity contribution in [1.82, 2.24) is 0 Å². The third-order valence-corrected chi connectivity index (χ3v) is 12.1. The number of phosphoric ester groups is 1. The van der Waals surface area contributed by atoms with E-state index in [0.717, 1.165) is 103 Å². The summed E-state index contributed by atoms with van der Waals surface area (Å²) < 4.78 is 34.1. The van der Waals surface area contributed by atoms with Crippen LogP contribution in [0.5, 0.6) is 0 Å². The maximum atomic E-state index is 12.8. The highest BCUT2D eigenvalue weighted by Crippen LogP contribution is 2.38. The van der Waals surface area contributed by atoms with Crippen molar-refractivity contribution < 1.29 is 42.1 Å². The van der Waals surface area contributed by atoms with Gasteiger partial charge in [0.05, 0.1) is 27.7 Å². The van der Waals surface area contributed by atoms with Gasteiger partial charge in [0, 0.05) is 12.8 Å². The van der Waals surface area contributed by atoms with Crippen LogP contribution in [-0.2, 0) is 32.7 Å². The van der Waals surface area contributed by atoms with Crippen LogP contribution < -0.4 is 4.89 Å². The second-order valence-electron chi connectivity index (χ2n) is 18.8. The fourth-order valence-corrected chi connectivity index (χ4v) is 7.72. The Kier molecular flexibility index (Phi) is 46.7. The van der Waals surface area contributed by atoms with Crippen molar-refractivity contribution in [2.45, 2.75) is 213 Å². The molecule has 0 saturated carbocycles. The van der Waals surface area contributed by atoms with Gasteiger partial charge in [0.1, 0.15) is 19.8 Å². The standard InChI is InChI=1S/C58H100NO8P/c1-6-8-10-12-14-16-18-20-22-23-24-25-26-27-28-29-30-31-32-33-34-35-37-39-41-43-45-47-49-51-58(61)67-56(55-66-68(62,63)65-53-52-59(3,4)5)54-64-57(60)50-48-46-44-42-40-38-36-21-19-17-15-13-11-9-7-2/h8-11,14-17,20-22,24-25,27-28,36,56H,6-7,12-13,18-19,23,26,29-35,37-55H2,1-5H3/b10-8-,11-9-,16-14-,17-15-,22-20-,25-24-,28-27-,36-21-. The minimum Gasteiger partial charge on any atom is -0.756 e. The van der Waals surface area contributed by atoms with Crippen LogP contribution in [0.2, 0.25) is 0 Å². The molecule has 2 atom stereocenters. The van der Waals surface area contributed by atoms with Crippen LogP contribution in [0.25, 0.3) is 0 Å². The van der Waals surface area contributed by atoms with E-state index < -0.39 is 32.5 Å². The Balaban J connectivity index is 4.18. The Labute approximate surface area is 417 Å². The van der Waals surface area contributed by atoms with Gasteiger partial charge in [-0.05, 0) is 89.9 Å². The second-order valence-corrected chi connectivity index (χ2v) is 20.2. The van der Waals surface area contributed by atoms with E-state index in [9.17, 15) is 19.0 Å². The number of carbonyl (C=O) groups excluding carboxylic acids is 2. The molecule has 0 aromatic rings. The van der Waals surface area contributed by atoms with Crippen LogP contribution in [-0.4, -0.2) is 70.0 Å². The number of nitrogens with zero attached hydrogens (tertiary/aromatic N) is 1. The zero-order valence-electron chi connectivity index (χ0n) is 44.0. The molecule has 2 unspecified atom stereocenters. The van der Waals surface area contributed by atoms with Crippen molar-refractivity contribution in [1.29, 1.82) is 0 Å².